The molecule has 1 atom stereocenters. The van der Waals surface area contributed by atoms with E-state index in [0.29, 0.717) is 37.9 Å². The fraction of sp³-hybridized carbons (Fsp3) is 0.448. The first kappa shape index (κ1) is 28.8. The summed E-state index contributed by atoms with van der Waals surface area (Å²) in [6, 6.07) is 13.9. The summed E-state index contributed by atoms with van der Waals surface area (Å²) in [5.41, 5.74) is 1.88. The minimum atomic E-state index is -0.611. The number of methoxy groups -OCH3 is 1. The number of amides is 1. The van der Waals surface area contributed by atoms with Gasteiger partial charge in [0.1, 0.15) is 17.3 Å². The number of nitrogens with one attached hydrogen (secondary N) is 1. The molecule has 0 aliphatic rings. The topological polar surface area (TPSA) is 98.8 Å². The van der Waals surface area contributed by atoms with Crippen LogP contribution in [0.4, 0.5) is 0 Å². The van der Waals surface area contributed by atoms with Crippen LogP contribution in [0.1, 0.15) is 69.9 Å². The fourth-order valence-electron chi connectivity index (χ4n) is 3.68. The molecule has 0 heterocycles. The van der Waals surface area contributed by atoms with Gasteiger partial charge in [-0.15, -0.1) is 0 Å². The Hall–Kier alpha value is -3.48. The number of ether oxygens (including phenoxy) is 2. The van der Waals surface area contributed by atoms with Crippen molar-refractivity contribution in [3.05, 3.63) is 59.7 Å². The van der Waals surface area contributed by atoms with E-state index in [4.69, 9.17) is 9.47 Å². The molecule has 2 rings (SSSR count). The summed E-state index contributed by atoms with van der Waals surface area (Å²) >= 11 is 0. The molecule has 36 heavy (non-hydrogen) atoms. The maximum absolute atomic E-state index is 12.8. The molecule has 0 aromatic heterocycles. The number of unbranched alkanes of at least 4 members (excludes halogenated alkanes) is 1. The number of hydrogen-bond acceptors (Lipinski definition) is 6. The molecule has 0 aliphatic heterocycles. The van der Waals surface area contributed by atoms with E-state index in [9.17, 15) is 19.2 Å². The lowest BCUT2D eigenvalue weighted by Crippen LogP contribution is -2.42. The minimum absolute atomic E-state index is 0.00984. The average molecular weight is 496 g/mol. The van der Waals surface area contributed by atoms with Crippen molar-refractivity contribution in [2.75, 3.05) is 7.11 Å². The quantitative estimate of drug-likeness (QED) is 0.266. The molecular formula is C29H37NO6. The zero-order valence-corrected chi connectivity index (χ0v) is 21.5. The van der Waals surface area contributed by atoms with Gasteiger partial charge in [0.15, 0.2) is 5.78 Å². The van der Waals surface area contributed by atoms with Crippen LogP contribution in [0, 0.1) is 0 Å². The number of esters is 1. The van der Waals surface area contributed by atoms with E-state index in [1.807, 2.05) is 31.2 Å². The van der Waals surface area contributed by atoms with Crippen LogP contribution in [0.3, 0.4) is 0 Å². The first-order valence-electron chi connectivity index (χ1n) is 12.5. The second-order valence-electron chi connectivity index (χ2n) is 8.92. The number of Topliss-reactive ketones (excluding diaryl/α,β-unsaturated/α-hetero) is 2. The van der Waals surface area contributed by atoms with E-state index >= 15 is 0 Å². The number of carbonyl (C=O) groups excluding carboxylic acids is 4. The lowest BCUT2D eigenvalue weighted by Gasteiger charge is -2.18. The van der Waals surface area contributed by atoms with E-state index < -0.39 is 6.04 Å². The van der Waals surface area contributed by atoms with Crippen LogP contribution in [-0.2, 0) is 32.0 Å². The Balaban J connectivity index is 1.94. The highest BCUT2D eigenvalue weighted by atomic mass is 16.5. The van der Waals surface area contributed by atoms with Gasteiger partial charge in [-0.1, -0.05) is 37.6 Å². The van der Waals surface area contributed by atoms with Crippen molar-refractivity contribution >= 4 is 23.4 Å². The number of rotatable bonds is 16. The van der Waals surface area contributed by atoms with Crippen molar-refractivity contribution < 1.29 is 28.7 Å². The molecule has 0 radical (unpaired) electrons. The molecular weight excluding hydrogens is 458 g/mol. The lowest BCUT2D eigenvalue weighted by molar-refractivity contribution is -0.134. The molecule has 0 spiro atoms. The van der Waals surface area contributed by atoms with Gasteiger partial charge in [0.05, 0.1) is 13.2 Å². The molecule has 1 amide bonds. The van der Waals surface area contributed by atoms with Crippen LogP contribution in [0.15, 0.2) is 48.5 Å². The predicted octanol–water partition coefficient (Wildman–Crippen LogP) is 4.78. The summed E-state index contributed by atoms with van der Waals surface area (Å²) in [5.74, 6) is 0.665. The van der Waals surface area contributed by atoms with Crippen molar-refractivity contribution in [1.29, 1.82) is 0 Å². The summed E-state index contributed by atoms with van der Waals surface area (Å²) in [7, 11) is 1.61. The molecule has 194 valence electrons. The Bertz CT molecular complexity index is 997. The molecule has 7 heteroatoms. The van der Waals surface area contributed by atoms with Crippen molar-refractivity contribution in [1.82, 2.24) is 5.32 Å². The van der Waals surface area contributed by atoms with Crippen molar-refractivity contribution in [3.63, 3.8) is 0 Å². The maximum Gasteiger partial charge on any atom is 0.311 e. The maximum atomic E-state index is 12.8. The highest BCUT2D eigenvalue weighted by Crippen LogP contribution is 2.16. The van der Waals surface area contributed by atoms with Crippen molar-refractivity contribution in [2.45, 2.75) is 77.7 Å². The predicted molar refractivity (Wildman–Crippen MR) is 138 cm³/mol. The molecule has 0 fully saturated rings. The first-order chi connectivity index (χ1) is 17.3. The number of carbonyl (C=O) groups is 4. The number of benzene rings is 2. The third-order valence-electron chi connectivity index (χ3n) is 5.81. The molecule has 2 aromatic rings. The standard InChI is InChI=1S/C29H37NO6/c1-4-5-8-27(32)26(30-28(33)19-14-22-10-15-24(35-3)16-11-22)20-23-12-17-25(18-13-23)36-29(34)9-6-7-21(2)31/h10-13,15-18,26H,4-9,14,19-20H2,1-3H3,(H,30,33). The highest BCUT2D eigenvalue weighted by molar-refractivity contribution is 5.89. The molecule has 1 N–H and O–H groups in total. The fourth-order valence-corrected chi connectivity index (χ4v) is 3.68. The lowest BCUT2D eigenvalue weighted by atomic mass is 9.98. The van der Waals surface area contributed by atoms with Crippen molar-refractivity contribution in [3.8, 4) is 11.5 Å². The minimum Gasteiger partial charge on any atom is -0.497 e. The van der Waals surface area contributed by atoms with Gasteiger partial charge in [-0.25, -0.2) is 0 Å². The number of hydrogen-bond donors (Lipinski definition) is 1. The Labute approximate surface area is 213 Å². The van der Waals surface area contributed by atoms with E-state index in [-0.39, 0.29) is 36.3 Å². The van der Waals surface area contributed by atoms with Crippen LogP contribution in [0.25, 0.3) is 0 Å². The number of ketones is 2. The highest BCUT2D eigenvalue weighted by Gasteiger charge is 2.21. The average Bonchev–Trinajstić information content (AvgIpc) is 2.86. The van der Waals surface area contributed by atoms with Gasteiger partial charge in [0.2, 0.25) is 5.91 Å². The second kappa shape index (κ2) is 15.5. The normalized spacial score (nSPS) is 11.4. The monoisotopic (exact) mass is 495 g/mol. The SMILES string of the molecule is CCCCC(=O)C(Cc1ccc(OC(=O)CCCC(C)=O)cc1)NC(=O)CCc1ccc(OC)cc1. The third kappa shape index (κ3) is 10.8. The van der Waals surface area contributed by atoms with Crippen LogP contribution in [0.2, 0.25) is 0 Å². The Kier molecular flexibility index (Phi) is 12.4. The molecule has 7 nitrogen and oxygen atoms in total. The van der Waals surface area contributed by atoms with Gasteiger partial charge in [-0.3, -0.25) is 14.4 Å². The van der Waals surface area contributed by atoms with Crippen molar-refractivity contribution in [2.24, 2.45) is 0 Å². The summed E-state index contributed by atoms with van der Waals surface area (Å²) < 4.78 is 10.5. The van der Waals surface area contributed by atoms with Gasteiger partial charge in [0.25, 0.3) is 0 Å². The molecule has 2 aromatic carbocycles. The molecule has 0 aliphatic carbocycles. The summed E-state index contributed by atoms with van der Waals surface area (Å²) in [6.07, 6.45) is 4.29. The summed E-state index contributed by atoms with van der Waals surface area (Å²) in [5, 5.41) is 2.92. The van der Waals surface area contributed by atoms with Gasteiger partial charge >= 0.3 is 5.97 Å². The largest absolute Gasteiger partial charge is 0.497 e. The molecule has 0 saturated carbocycles. The van der Waals surface area contributed by atoms with Crippen LogP contribution in [-0.4, -0.2) is 36.6 Å². The van der Waals surface area contributed by atoms with Crippen LogP contribution < -0.4 is 14.8 Å². The third-order valence-corrected chi connectivity index (χ3v) is 5.81. The van der Waals surface area contributed by atoms with Gasteiger partial charge in [0, 0.05) is 25.7 Å². The van der Waals surface area contributed by atoms with Crippen LogP contribution in [0.5, 0.6) is 11.5 Å². The van der Waals surface area contributed by atoms with Gasteiger partial charge in [-0.05, 0) is 68.0 Å². The Morgan fingerprint density at radius 1 is 0.806 bits per heavy atom. The smallest absolute Gasteiger partial charge is 0.311 e. The summed E-state index contributed by atoms with van der Waals surface area (Å²) in [6.45, 7) is 3.52. The molecule has 0 saturated heterocycles. The molecule has 1 unspecified atom stereocenters. The van der Waals surface area contributed by atoms with Crippen LogP contribution >= 0.6 is 0 Å². The zero-order chi connectivity index (χ0) is 26.3. The zero-order valence-electron chi connectivity index (χ0n) is 21.5. The van der Waals surface area contributed by atoms with E-state index in [2.05, 4.69) is 5.32 Å². The van der Waals surface area contributed by atoms with E-state index in [0.717, 1.165) is 29.7 Å². The second-order valence-corrected chi connectivity index (χ2v) is 8.92. The van der Waals surface area contributed by atoms with Gasteiger partial charge < -0.3 is 19.6 Å². The Morgan fingerprint density at radius 3 is 2.06 bits per heavy atom. The molecule has 0 bridgehead atoms. The summed E-state index contributed by atoms with van der Waals surface area (Å²) in [4.78, 5) is 48.4. The Morgan fingerprint density at radius 2 is 1.44 bits per heavy atom. The van der Waals surface area contributed by atoms with E-state index in [1.54, 1.807) is 31.4 Å². The number of aryl methyl sites for hydroxylation is 1. The van der Waals surface area contributed by atoms with Gasteiger partial charge in [-0.2, -0.15) is 0 Å². The first-order valence-corrected chi connectivity index (χ1v) is 12.5. The van der Waals surface area contributed by atoms with E-state index in [1.165, 1.54) is 6.92 Å².